The fourth-order valence-electron chi connectivity index (χ4n) is 2.59. The van der Waals surface area contributed by atoms with Gasteiger partial charge in [0.2, 0.25) is 5.91 Å². The highest BCUT2D eigenvalue weighted by molar-refractivity contribution is 5.83. The van der Waals surface area contributed by atoms with E-state index in [-0.39, 0.29) is 17.8 Å². The van der Waals surface area contributed by atoms with Crippen molar-refractivity contribution in [3.63, 3.8) is 0 Å². The summed E-state index contributed by atoms with van der Waals surface area (Å²) in [5.74, 6) is -0.828. The van der Waals surface area contributed by atoms with E-state index >= 15 is 0 Å². The van der Waals surface area contributed by atoms with Gasteiger partial charge in [-0.05, 0) is 25.2 Å². The third kappa shape index (κ3) is 1.52. The Kier molecular flexibility index (Phi) is 2.81. The molecule has 15 heavy (non-hydrogen) atoms. The Balaban J connectivity index is 3.06. The van der Waals surface area contributed by atoms with Crippen LogP contribution in [0.3, 0.4) is 0 Å². The van der Waals surface area contributed by atoms with Crippen LogP contribution in [0.15, 0.2) is 0 Å². The van der Waals surface area contributed by atoms with E-state index in [2.05, 4.69) is 0 Å². The van der Waals surface area contributed by atoms with Crippen LogP contribution in [0, 0.1) is 16.7 Å². The molecule has 4 nitrogen and oxygen atoms in total. The van der Waals surface area contributed by atoms with Crippen molar-refractivity contribution in [3.8, 4) is 0 Å². The molecule has 1 aliphatic rings. The lowest BCUT2D eigenvalue weighted by Gasteiger charge is -2.38. The van der Waals surface area contributed by atoms with E-state index in [9.17, 15) is 9.59 Å². The zero-order valence-electron chi connectivity index (χ0n) is 9.79. The summed E-state index contributed by atoms with van der Waals surface area (Å²) in [7, 11) is 1.38. The first-order chi connectivity index (χ1) is 6.77. The molecule has 1 fully saturated rings. The monoisotopic (exact) mass is 213 g/mol. The highest BCUT2D eigenvalue weighted by atomic mass is 16.5. The van der Waals surface area contributed by atoms with Crippen LogP contribution < -0.4 is 5.73 Å². The van der Waals surface area contributed by atoms with E-state index in [0.29, 0.717) is 12.8 Å². The second-order valence-corrected chi connectivity index (χ2v) is 5.04. The quantitative estimate of drug-likeness (QED) is 0.698. The van der Waals surface area contributed by atoms with Gasteiger partial charge in [-0.1, -0.05) is 13.8 Å². The summed E-state index contributed by atoms with van der Waals surface area (Å²) < 4.78 is 4.81. The van der Waals surface area contributed by atoms with Gasteiger partial charge in [-0.2, -0.15) is 0 Å². The normalized spacial score (nSPS) is 33.7. The summed E-state index contributed by atoms with van der Waals surface area (Å²) in [6.45, 7) is 5.67. The average molecular weight is 213 g/mol. The van der Waals surface area contributed by atoms with Crippen molar-refractivity contribution in [2.24, 2.45) is 22.5 Å². The van der Waals surface area contributed by atoms with Gasteiger partial charge in [0.25, 0.3) is 0 Å². The fraction of sp³-hybridized carbons (Fsp3) is 0.818. The molecule has 0 bridgehead atoms. The van der Waals surface area contributed by atoms with Gasteiger partial charge in [-0.15, -0.1) is 0 Å². The molecule has 0 spiro atoms. The lowest BCUT2D eigenvalue weighted by Crippen LogP contribution is -2.44. The van der Waals surface area contributed by atoms with Gasteiger partial charge in [0.05, 0.1) is 12.5 Å². The Hall–Kier alpha value is -1.06. The van der Waals surface area contributed by atoms with Crippen LogP contribution in [0.5, 0.6) is 0 Å². The van der Waals surface area contributed by atoms with Crippen LogP contribution in [0.25, 0.3) is 0 Å². The number of nitrogens with two attached hydrogens (primary N) is 1. The van der Waals surface area contributed by atoms with Gasteiger partial charge in [-0.3, -0.25) is 9.59 Å². The minimum Gasteiger partial charge on any atom is -0.469 e. The van der Waals surface area contributed by atoms with E-state index in [0.717, 1.165) is 0 Å². The number of methoxy groups -OCH3 is 1. The number of primary amides is 1. The van der Waals surface area contributed by atoms with Gasteiger partial charge in [0.15, 0.2) is 0 Å². The summed E-state index contributed by atoms with van der Waals surface area (Å²) in [5, 5.41) is 0. The summed E-state index contributed by atoms with van der Waals surface area (Å²) in [5.41, 5.74) is 4.30. The molecule has 0 heterocycles. The van der Waals surface area contributed by atoms with Crippen LogP contribution in [0.1, 0.15) is 33.6 Å². The number of carbonyl (C=O) groups excluding carboxylic acids is 2. The predicted molar refractivity (Wildman–Crippen MR) is 55.8 cm³/mol. The number of hydrogen-bond donors (Lipinski definition) is 1. The van der Waals surface area contributed by atoms with Gasteiger partial charge in [-0.25, -0.2) is 0 Å². The molecule has 0 saturated heterocycles. The maximum atomic E-state index is 11.7. The van der Waals surface area contributed by atoms with Gasteiger partial charge < -0.3 is 10.5 Å². The molecule has 2 N–H and O–H groups in total. The Morgan fingerprint density at radius 3 is 2.20 bits per heavy atom. The number of ether oxygens (including phenoxy) is 1. The van der Waals surface area contributed by atoms with E-state index in [1.54, 1.807) is 0 Å². The summed E-state index contributed by atoms with van der Waals surface area (Å²) >= 11 is 0. The summed E-state index contributed by atoms with van der Waals surface area (Å²) in [6.07, 6.45) is 1.31. The SMILES string of the molecule is COC(=O)C1(C)CCC(C(N)=O)C1(C)C. The smallest absolute Gasteiger partial charge is 0.312 e. The number of esters is 1. The molecule has 0 radical (unpaired) electrons. The van der Waals surface area contributed by atoms with Crippen molar-refractivity contribution >= 4 is 11.9 Å². The number of hydrogen-bond acceptors (Lipinski definition) is 3. The zero-order chi connectivity index (χ0) is 11.9. The molecular formula is C11H19NO3. The van der Waals surface area contributed by atoms with E-state index in [1.165, 1.54) is 7.11 Å². The van der Waals surface area contributed by atoms with Crippen LogP contribution >= 0.6 is 0 Å². The first-order valence-corrected chi connectivity index (χ1v) is 5.15. The van der Waals surface area contributed by atoms with Crippen molar-refractivity contribution in [3.05, 3.63) is 0 Å². The first-order valence-electron chi connectivity index (χ1n) is 5.15. The third-order valence-corrected chi connectivity index (χ3v) is 4.21. The lowest BCUT2D eigenvalue weighted by molar-refractivity contribution is -0.158. The molecule has 4 heteroatoms. The lowest BCUT2D eigenvalue weighted by atomic mass is 9.65. The van der Waals surface area contributed by atoms with Crippen LogP contribution in [-0.4, -0.2) is 19.0 Å². The molecule has 1 amide bonds. The van der Waals surface area contributed by atoms with Gasteiger partial charge in [0, 0.05) is 5.92 Å². The minimum atomic E-state index is -0.610. The number of amides is 1. The second kappa shape index (κ2) is 3.51. The molecule has 0 aromatic rings. The molecule has 1 saturated carbocycles. The van der Waals surface area contributed by atoms with Crippen molar-refractivity contribution in [1.29, 1.82) is 0 Å². The molecular weight excluding hydrogens is 194 g/mol. The van der Waals surface area contributed by atoms with Crippen LogP contribution in [0.2, 0.25) is 0 Å². The highest BCUT2D eigenvalue weighted by Crippen LogP contribution is 2.56. The Labute approximate surface area is 90.2 Å². The molecule has 1 rings (SSSR count). The van der Waals surface area contributed by atoms with Crippen molar-refractivity contribution in [1.82, 2.24) is 0 Å². The highest BCUT2D eigenvalue weighted by Gasteiger charge is 2.58. The Morgan fingerprint density at radius 2 is 1.87 bits per heavy atom. The second-order valence-electron chi connectivity index (χ2n) is 5.04. The van der Waals surface area contributed by atoms with Crippen LogP contribution in [-0.2, 0) is 14.3 Å². The van der Waals surface area contributed by atoms with E-state index < -0.39 is 10.8 Å². The van der Waals surface area contributed by atoms with E-state index in [4.69, 9.17) is 10.5 Å². The fourth-order valence-corrected chi connectivity index (χ4v) is 2.59. The molecule has 2 atom stereocenters. The standard InChI is InChI=1S/C11H19NO3/c1-10(2)7(8(12)13)5-6-11(10,3)9(14)15-4/h7H,5-6H2,1-4H3,(H2,12,13). The third-order valence-electron chi connectivity index (χ3n) is 4.21. The summed E-state index contributed by atoms with van der Waals surface area (Å²) in [6, 6.07) is 0. The van der Waals surface area contributed by atoms with Crippen molar-refractivity contribution < 1.29 is 14.3 Å². The molecule has 1 aliphatic carbocycles. The molecule has 0 aliphatic heterocycles. The maximum absolute atomic E-state index is 11.7. The molecule has 2 unspecified atom stereocenters. The molecule has 0 aromatic carbocycles. The zero-order valence-corrected chi connectivity index (χ0v) is 9.79. The van der Waals surface area contributed by atoms with Gasteiger partial charge in [0.1, 0.15) is 0 Å². The van der Waals surface area contributed by atoms with Crippen LogP contribution in [0.4, 0.5) is 0 Å². The van der Waals surface area contributed by atoms with Crippen molar-refractivity contribution in [2.75, 3.05) is 7.11 Å². The van der Waals surface area contributed by atoms with E-state index in [1.807, 2.05) is 20.8 Å². The maximum Gasteiger partial charge on any atom is 0.312 e. The largest absolute Gasteiger partial charge is 0.469 e. The number of rotatable bonds is 2. The first kappa shape index (κ1) is 12.0. The van der Waals surface area contributed by atoms with Crippen molar-refractivity contribution in [2.45, 2.75) is 33.6 Å². The topological polar surface area (TPSA) is 69.4 Å². The minimum absolute atomic E-state index is 0.249. The summed E-state index contributed by atoms with van der Waals surface area (Å²) in [4.78, 5) is 23.0. The Morgan fingerprint density at radius 1 is 1.33 bits per heavy atom. The predicted octanol–water partition coefficient (Wildman–Crippen LogP) is 1.09. The average Bonchev–Trinajstić information content (AvgIpc) is 2.38. The molecule has 0 aromatic heterocycles. The Bertz CT molecular complexity index is 298. The molecule has 86 valence electrons. The van der Waals surface area contributed by atoms with Gasteiger partial charge >= 0.3 is 5.97 Å². The number of carbonyl (C=O) groups is 2.